The first-order valence-electron chi connectivity index (χ1n) is 6.94. The summed E-state index contributed by atoms with van der Waals surface area (Å²) in [4.78, 5) is 25.6. The van der Waals surface area contributed by atoms with Gasteiger partial charge in [-0.2, -0.15) is 0 Å². The zero-order valence-electron chi connectivity index (χ0n) is 11.5. The highest BCUT2D eigenvalue weighted by Gasteiger charge is 2.43. The Morgan fingerprint density at radius 1 is 1.37 bits per heavy atom. The first-order chi connectivity index (χ1) is 9.01. The topological polar surface area (TPSA) is 84.7 Å². The fourth-order valence-electron chi connectivity index (χ4n) is 2.31. The van der Waals surface area contributed by atoms with Crippen LogP contribution in [0.3, 0.4) is 0 Å². The van der Waals surface area contributed by atoms with Crippen molar-refractivity contribution in [2.24, 2.45) is 11.7 Å². The second-order valence-corrected chi connectivity index (χ2v) is 5.56. The van der Waals surface area contributed by atoms with E-state index in [1.165, 1.54) is 0 Å². The lowest BCUT2D eigenvalue weighted by molar-refractivity contribution is -0.135. The molecule has 2 rings (SSSR count). The van der Waals surface area contributed by atoms with Gasteiger partial charge in [0.1, 0.15) is 0 Å². The fourth-order valence-corrected chi connectivity index (χ4v) is 2.31. The van der Waals surface area contributed by atoms with Crippen LogP contribution in [-0.2, 0) is 14.3 Å². The van der Waals surface area contributed by atoms with Crippen LogP contribution in [0.1, 0.15) is 26.2 Å². The molecule has 108 valence electrons. The lowest BCUT2D eigenvalue weighted by Crippen LogP contribution is -2.54. The predicted octanol–water partition coefficient (Wildman–Crippen LogP) is -0.521. The molecule has 1 saturated heterocycles. The summed E-state index contributed by atoms with van der Waals surface area (Å²) < 4.78 is 5.19. The first-order valence-corrected chi connectivity index (χ1v) is 6.94. The minimum atomic E-state index is -0.790. The van der Waals surface area contributed by atoms with Crippen molar-refractivity contribution in [1.29, 1.82) is 0 Å². The largest absolute Gasteiger partial charge is 0.378 e. The van der Waals surface area contributed by atoms with Gasteiger partial charge in [-0.15, -0.1) is 0 Å². The number of hydrogen-bond acceptors (Lipinski definition) is 4. The number of carbonyl (C=O) groups is 2. The van der Waals surface area contributed by atoms with E-state index in [2.05, 4.69) is 5.32 Å². The number of nitrogens with one attached hydrogen (secondary N) is 1. The standard InChI is InChI=1S/C13H23N3O3/c1-13(14,10-2-3-10)12(18)15-5-4-11(17)16-6-8-19-9-7-16/h10H,2-9,14H2,1H3,(H,15,18). The highest BCUT2D eigenvalue weighted by atomic mass is 16.5. The van der Waals surface area contributed by atoms with Crippen LogP contribution in [0.25, 0.3) is 0 Å². The van der Waals surface area contributed by atoms with E-state index in [1.54, 1.807) is 11.8 Å². The van der Waals surface area contributed by atoms with Crippen molar-refractivity contribution in [1.82, 2.24) is 10.2 Å². The third-order valence-corrected chi connectivity index (χ3v) is 3.90. The third kappa shape index (κ3) is 3.67. The van der Waals surface area contributed by atoms with Crippen molar-refractivity contribution < 1.29 is 14.3 Å². The monoisotopic (exact) mass is 269 g/mol. The van der Waals surface area contributed by atoms with Crippen molar-refractivity contribution in [2.75, 3.05) is 32.8 Å². The van der Waals surface area contributed by atoms with Crippen molar-refractivity contribution in [2.45, 2.75) is 31.7 Å². The lowest BCUT2D eigenvalue weighted by Gasteiger charge is -2.27. The van der Waals surface area contributed by atoms with Gasteiger partial charge in [-0.3, -0.25) is 9.59 Å². The Bertz CT molecular complexity index is 347. The molecule has 1 aliphatic heterocycles. The maximum Gasteiger partial charge on any atom is 0.240 e. The van der Waals surface area contributed by atoms with Crippen molar-refractivity contribution >= 4 is 11.8 Å². The molecule has 6 nitrogen and oxygen atoms in total. The lowest BCUT2D eigenvalue weighted by atomic mass is 9.96. The summed E-state index contributed by atoms with van der Waals surface area (Å²) in [5.41, 5.74) is 5.21. The van der Waals surface area contributed by atoms with Gasteiger partial charge in [0.15, 0.2) is 0 Å². The Hall–Kier alpha value is -1.14. The summed E-state index contributed by atoms with van der Waals surface area (Å²) in [6.45, 7) is 4.60. The van der Waals surface area contributed by atoms with Crippen LogP contribution in [-0.4, -0.2) is 55.1 Å². The molecule has 2 aliphatic rings. The molecule has 19 heavy (non-hydrogen) atoms. The average Bonchev–Trinajstić information content (AvgIpc) is 3.24. The van der Waals surface area contributed by atoms with Gasteiger partial charge in [-0.05, 0) is 25.7 Å². The Balaban J connectivity index is 1.68. The molecule has 6 heteroatoms. The van der Waals surface area contributed by atoms with Crippen LogP contribution in [0, 0.1) is 5.92 Å². The summed E-state index contributed by atoms with van der Waals surface area (Å²) >= 11 is 0. The van der Waals surface area contributed by atoms with E-state index in [9.17, 15) is 9.59 Å². The number of amides is 2. The zero-order chi connectivity index (χ0) is 13.9. The van der Waals surface area contributed by atoms with Crippen LogP contribution in [0.15, 0.2) is 0 Å². The SMILES string of the molecule is CC(N)(C(=O)NCCC(=O)N1CCOCC1)C1CC1. The molecule has 2 fully saturated rings. The summed E-state index contributed by atoms with van der Waals surface area (Å²) in [5, 5.41) is 2.77. The smallest absolute Gasteiger partial charge is 0.240 e. The number of rotatable bonds is 5. The van der Waals surface area contributed by atoms with E-state index < -0.39 is 5.54 Å². The van der Waals surface area contributed by atoms with Gasteiger partial charge < -0.3 is 20.7 Å². The number of carbonyl (C=O) groups excluding carboxylic acids is 2. The second-order valence-electron chi connectivity index (χ2n) is 5.56. The highest BCUT2D eigenvalue weighted by molar-refractivity contribution is 5.87. The van der Waals surface area contributed by atoms with E-state index in [1.807, 2.05) is 0 Å². The van der Waals surface area contributed by atoms with Gasteiger partial charge in [-0.1, -0.05) is 0 Å². The number of hydrogen-bond donors (Lipinski definition) is 2. The molecule has 1 atom stereocenters. The Morgan fingerprint density at radius 3 is 2.58 bits per heavy atom. The van der Waals surface area contributed by atoms with E-state index in [-0.39, 0.29) is 11.8 Å². The van der Waals surface area contributed by atoms with Gasteiger partial charge in [0.25, 0.3) is 0 Å². The average molecular weight is 269 g/mol. The van der Waals surface area contributed by atoms with Gasteiger partial charge in [-0.25, -0.2) is 0 Å². The number of nitrogens with two attached hydrogens (primary N) is 1. The molecular weight excluding hydrogens is 246 g/mol. The molecule has 3 N–H and O–H groups in total. The summed E-state index contributed by atoms with van der Waals surface area (Å²) in [6.07, 6.45) is 2.37. The second kappa shape index (κ2) is 5.88. The predicted molar refractivity (Wildman–Crippen MR) is 70.3 cm³/mol. The zero-order valence-corrected chi connectivity index (χ0v) is 11.5. The maximum absolute atomic E-state index is 11.9. The summed E-state index contributed by atoms with van der Waals surface area (Å²) in [5.74, 6) is 0.209. The van der Waals surface area contributed by atoms with Gasteiger partial charge in [0.2, 0.25) is 11.8 Å². The molecule has 0 radical (unpaired) electrons. The van der Waals surface area contributed by atoms with Crippen LogP contribution < -0.4 is 11.1 Å². The van der Waals surface area contributed by atoms with E-state index in [4.69, 9.17) is 10.5 Å². The molecule has 0 aromatic rings. The van der Waals surface area contributed by atoms with Crippen molar-refractivity contribution in [3.05, 3.63) is 0 Å². The molecule has 0 aromatic carbocycles. The Morgan fingerprint density at radius 2 is 2.00 bits per heavy atom. The molecule has 0 spiro atoms. The first kappa shape index (κ1) is 14.3. The van der Waals surface area contributed by atoms with Crippen LogP contribution in [0.5, 0.6) is 0 Å². The minimum Gasteiger partial charge on any atom is -0.378 e. The molecule has 2 amide bonds. The molecule has 0 bridgehead atoms. The summed E-state index contributed by atoms with van der Waals surface area (Å²) in [7, 11) is 0. The van der Waals surface area contributed by atoms with Crippen LogP contribution in [0.2, 0.25) is 0 Å². The minimum absolute atomic E-state index is 0.0637. The van der Waals surface area contributed by atoms with E-state index in [0.717, 1.165) is 12.8 Å². The van der Waals surface area contributed by atoms with Gasteiger partial charge in [0, 0.05) is 26.1 Å². The summed E-state index contributed by atoms with van der Waals surface area (Å²) in [6, 6.07) is 0. The highest BCUT2D eigenvalue weighted by Crippen LogP contribution is 2.38. The van der Waals surface area contributed by atoms with E-state index in [0.29, 0.717) is 45.2 Å². The molecule has 1 unspecified atom stereocenters. The number of nitrogens with zero attached hydrogens (tertiary/aromatic N) is 1. The van der Waals surface area contributed by atoms with Crippen LogP contribution in [0.4, 0.5) is 0 Å². The number of morpholine rings is 1. The normalized spacial score (nSPS) is 22.7. The van der Waals surface area contributed by atoms with Gasteiger partial charge >= 0.3 is 0 Å². The Labute approximate surface area is 113 Å². The van der Waals surface area contributed by atoms with E-state index >= 15 is 0 Å². The fraction of sp³-hybridized carbons (Fsp3) is 0.846. The number of ether oxygens (including phenoxy) is 1. The molecule has 1 heterocycles. The maximum atomic E-state index is 11.9. The molecule has 1 saturated carbocycles. The molecule has 1 aliphatic carbocycles. The quantitative estimate of drug-likeness (QED) is 0.703. The van der Waals surface area contributed by atoms with Crippen molar-refractivity contribution in [3.8, 4) is 0 Å². The van der Waals surface area contributed by atoms with Gasteiger partial charge in [0.05, 0.1) is 18.8 Å². The molecule has 0 aromatic heterocycles. The van der Waals surface area contributed by atoms with Crippen LogP contribution >= 0.6 is 0 Å². The third-order valence-electron chi connectivity index (χ3n) is 3.90. The Kier molecular flexibility index (Phi) is 4.42. The molecular formula is C13H23N3O3. The van der Waals surface area contributed by atoms with Crippen molar-refractivity contribution in [3.63, 3.8) is 0 Å².